The van der Waals surface area contributed by atoms with E-state index in [1.807, 2.05) is 13.8 Å². The van der Waals surface area contributed by atoms with E-state index in [2.05, 4.69) is 35.8 Å². The minimum absolute atomic E-state index is 0.151. The van der Waals surface area contributed by atoms with Crippen molar-refractivity contribution in [1.29, 1.82) is 0 Å². The van der Waals surface area contributed by atoms with E-state index in [0.29, 0.717) is 5.92 Å². The number of hydrazine groups is 1. The molecule has 0 fully saturated rings. The summed E-state index contributed by atoms with van der Waals surface area (Å²) in [7, 11) is 0. The summed E-state index contributed by atoms with van der Waals surface area (Å²) < 4.78 is 5.66. The summed E-state index contributed by atoms with van der Waals surface area (Å²) in [5, 5.41) is 0. The zero-order valence-corrected chi connectivity index (χ0v) is 12.9. The Balaban J connectivity index is 1.84. The Morgan fingerprint density at radius 2 is 2.14 bits per heavy atom. The van der Waals surface area contributed by atoms with Crippen LogP contribution in [0.15, 0.2) is 34.7 Å². The summed E-state index contributed by atoms with van der Waals surface area (Å²) >= 11 is 0. The lowest BCUT2D eigenvalue weighted by atomic mass is 9.79. The summed E-state index contributed by atoms with van der Waals surface area (Å²) in [5.74, 6) is 8.33. The van der Waals surface area contributed by atoms with Gasteiger partial charge in [0.25, 0.3) is 0 Å². The molecule has 0 bridgehead atoms. The molecule has 1 aromatic heterocycles. The van der Waals surface area contributed by atoms with Crippen LogP contribution in [0.2, 0.25) is 0 Å². The number of hydrogen-bond donors (Lipinski definition) is 2. The van der Waals surface area contributed by atoms with Gasteiger partial charge in [0.2, 0.25) is 0 Å². The second kappa shape index (κ2) is 6.04. The van der Waals surface area contributed by atoms with Crippen LogP contribution in [-0.2, 0) is 6.42 Å². The molecule has 3 N–H and O–H groups in total. The first kappa shape index (κ1) is 14.4. The lowest BCUT2D eigenvalue weighted by Gasteiger charge is -2.28. The van der Waals surface area contributed by atoms with E-state index in [0.717, 1.165) is 17.9 Å². The van der Waals surface area contributed by atoms with Crippen LogP contribution in [0.4, 0.5) is 0 Å². The van der Waals surface area contributed by atoms with Gasteiger partial charge in [-0.05, 0) is 62.6 Å². The first-order chi connectivity index (χ1) is 10.2. The molecule has 1 aliphatic rings. The molecule has 0 amide bonds. The van der Waals surface area contributed by atoms with E-state index in [9.17, 15) is 0 Å². The zero-order chi connectivity index (χ0) is 14.8. The monoisotopic (exact) mass is 284 g/mol. The maximum Gasteiger partial charge on any atom is 0.105 e. The smallest absolute Gasteiger partial charge is 0.105 e. The molecule has 1 heterocycles. The van der Waals surface area contributed by atoms with Gasteiger partial charge in [0.15, 0.2) is 0 Å². The minimum atomic E-state index is 0.151. The second-order valence-electron chi connectivity index (χ2n) is 6.11. The molecule has 112 valence electrons. The third-order valence-corrected chi connectivity index (χ3v) is 4.67. The maximum atomic E-state index is 5.83. The van der Waals surface area contributed by atoms with Crippen LogP contribution in [0.25, 0.3) is 0 Å². The summed E-state index contributed by atoms with van der Waals surface area (Å²) in [6.45, 7) is 4.00. The van der Waals surface area contributed by atoms with Crippen LogP contribution in [0, 0.1) is 13.8 Å². The lowest BCUT2D eigenvalue weighted by Crippen LogP contribution is -2.30. The largest absolute Gasteiger partial charge is 0.466 e. The predicted molar refractivity (Wildman–Crippen MR) is 85.0 cm³/mol. The van der Waals surface area contributed by atoms with E-state index in [1.165, 1.54) is 36.0 Å². The number of nitrogens with two attached hydrogens (primary N) is 1. The Bertz CT molecular complexity index is 617. The number of fused-ring (bicyclic) bond motifs is 1. The molecule has 0 aliphatic heterocycles. The zero-order valence-electron chi connectivity index (χ0n) is 12.9. The topological polar surface area (TPSA) is 51.2 Å². The maximum absolute atomic E-state index is 5.83. The molecule has 2 aromatic rings. The van der Waals surface area contributed by atoms with Gasteiger partial charge in [-0.1, -0.05) is 24.3 Å². The van der Waals surface area contributed by atoms with Crippen molar-refractivity contribution in [3.8, 4) is 0 Å². The highest BCUT2D eigenvalue weighted by atomic mass is 16.3. The number of furan rings is 1. The highest BCUT2D eigenvalue weighted by Gasteiger charge is 2.25. The van der Waals surface area contributed by atoms with E-state index >= 15 is 0 Å². The van der Waals surface area contributed by atoms with Crippen LogP contribution in [0.1, 0.15) is 59.4 Å². The van der Waals surface area contributed by atoms with E-state index in [-0.39, 0.29) is 6.04 Å². The lowest BCUT2D eigenvalue weighted by molar-refractivity contribution is 0.417. The Morgan fingerprint density at radius 1 is 1.33 bits per heavy atom. The molecular formula is C18H24N2O. The van der Waals surface area contributed by atoms with Crippen LogP contribution in [0.3, 0.4) is 0 Å². The van der Waals surface area contributed by atoms with Gasteiger partial charge in [0.1, 0.15) is 11.5 Å². The summed E-state index contributed by atoms with van der Waals surface area (Å²) in [4.78, 5) is 0. The molecule has 1 aliphatic carbocycles. The fourth-order valence-corrected chi connectivity index (χ4v) is 3.67. The Labute approximate surface area is 126 Å². The molecule has 0 spiro atoms. The molecule has 3 nitrogen and oxygen atoms in total. The molecule has 3 rings (SSSR count). The highest BCUT2D eigenvalue weighted by molar-refractivity contribution is 5.33. The molecule has 1 aromatic carbocycles. The molecule has 0 saturated carbocycles. The number of nitrogens with one attached hydrogen (secondary N) is 1. The third kappa shape index (κ3) is 2.89. The summed E-state index contributed by atoms with van der Waals surface area (Å²) in [6, 6.07) is 11.1. The van der Waals surface area contributed by atoms with Gasteiger partial charge < -0.3 is 4.42 Å². The van der Waals surface area contributed by atoms with Crippen LogP contribution in [-0.4, -0.2) is 0 Å². The fraction of sp³-hybridized carbons (Fsp3) is 0.444. The van der Waals surface area contributed by atoms with E-state index in [4.69, 9.17) is 10.3 Å². The molecular weight excluding hydrogens is 260 g/mol. The van der Waals surface area contributed by atoms with Crippen LogP contribution in [0.5, 0.6) is 0 Å². The highest BCUT2D eigenvalue weighted by Crippen LogP contribution is 2.38. The SMILES string of the molecule is Cc1cc(C(CC2CCCc3ccccc32)NN)c(C)o1. The molecule has 0 radical (unpaired) electrons. The van der Waals surface area contributed by atoms with Crippen molar-refractivity contribution in [3.05, 3.63) is 58.5 Å². The number of rotatable bonds is 4. The van der Waals surface area contributed by atoms with Gasteiger partial charge in [-0.2, -0.15) is 0 Å². The van der Waals surface area contributed by atoms with Gasteiger partial charge in [0, 0.05) is 11.6 Å². The Kier molecular flexibility index (Phi) is 4.13. The van der Waals surface area contributed by atoms with Gasteiger partial charge >= 0.3 is 0 Å². The summed E-state index contributed by atoms with van der Waals surface area (Å²) in [6.07, 6.45) is 4.73. The van der Waals surface area contributed by atoms with Crippen LogP contribution >= 0.6 is 0 Å². The van der Waals surface area contributed by atoms with Crippen LogP contribution < -0.4 is 11.3 Å². The second-order valence-corrected chi connectivity index (χ2v) is 6.11. The normalized spacial score (nSPS) is 19.3. The fourth-order valence-electron chi connectivity index (χ4n) is 3.67. The molecule has 0 saturated heterocycles. The van der Waals surface area contributed by atoms with Crippen molar-refractivity contribution in [2.75, 3.05) is 0 Å². The predicted octanol–water partition coefficient (Wildman–Crippen LogP) is 3.91. The standard InChI is InChI=1S/C18H24N2O/c1-12-10-17(13(2)21-12)18(20-19)11-15-8-5-7-14-6-3-4-9-16(14)15/h3-4,6,9-10,15,18,20H,5,7-8,11,19H2,1-2H3. The van der Waals surface area contributed by atoms with Gasteiger partial charge in [-0.25, -0.2) is 0 Å². The van der Waals surface area contributed by atoms with Gasteiger partial charge in [-0.15, -0.1) is 0 Å². The average molecular weight is 284 g/mol. The van der Waals surface area contributed by atoms with Crippen molar-refractivity contribution in [2.45, 2.75) is 51.5 Å². The summed E-state index contributed by atoms with van der Waals surface area (Å²) in [5.41, 5.74) is 7.19. The Morgan fingerprint density at radius 3 is 2.86 bits per heavy atom. The third-order valence-electron chi connectivity index (χ3n) is 4.67. The van der Waals surface area contributed by atoms with Gasteiger partial charge in [0.05, 0.1) is 0 Å². The average Bonchev–Trinajstić information content (AvgIpc) is 2.83. The van der Waals surface area contributed by atoms with Crippen molar-refractivity contribution >= 4 is 0 Å². The van der Waals surface area contributed by atoms with Gasteiger partial charge in [-0.3, -0.25) is 11.3 Å². The number of aryl methyl sites for hydroxylation is 3. The molecule has 2 unspecified atom stereocenters. The number of benzene rings is 1. The molecule has 2 atom stereocenters. The van der Waals surface area contributed by atoms with E-state index in [1.54, 1.807) is 0 Å². The van der Waals surface area contributed by atoms with Crippen molar-refractivity contribution in [3.63, 3.8) is 0 Å². The number of hydrogen-bond acceptors (Lipinski definition) is 3. The first-order valence-corrected chi connectivity index (χ1v) is 7.80. The molecule has 3 heteroatoms. The van der Waals surface area contributed by atoms with Crippen molar-refractivity contribution in [2.24, 2.45) is 5.84 Å². The van der Waals surface area contributed by atoms with Crippen molar-refractivity contribution < 1.29 is 4.42 Å². The molecule has 21 heavy (non-hydrogen) atoms. The Hall–Kier alpha value is -1.58. The minimum Gasteiger partial charge on any atom is -0.466 e. The quantitative estimate of drug-likeness (QED) is 0.661. The van der Waals surface area contributed by atoms with E-state index < -0.39 is 0 Å². The first-order valence-electron chi connectivity index (χ1n) is 7.80. The van der Waals surface area contributed by atoms with Crippen molar-refractivity contribution in [1.82, 2.24) is 5.43 Å².